The molecule has 0 radical (unpaired) electrons. The first-order valence-corrected chi connectivity index (χ1v) is 7.52. The van der Waals surface area contributed by atoms with Crippen molar-refractivity contribution < 1.29 is 9.53 Å². The second-order valence-corrected chi connectivity index (χ2v) is 5.47. The van der Waals surface area contributed by atoms with Crippen LogP contribution in [0.25, 0.3) is 0 Å². The lowest BCUT2D eigenvalue weighted by Crippen LogP contribution is -2.21. The molecular formula is C16H24N2O2. The normalized spacial score (nSPS) is 17.0. The number of rotatable bonds is 5. The number of ether oxygens (including phenoxy) is 1. The SMILES string of the molecule is NC(=O)COc1cccc(NC2CCCCCCC2)c1. The van der Waals surface area contributed by atoms with Gasteiger partial charge in [0.15, 0.2) is 6.61 Å². The number of carbonyl (C=O) groups excluding carboxylic acids is 1. The molecule has 0 atom stereocenters. The average molecular weight is 276 g/mol. The van der Waals surface area contributed by atoms with E-state index in [1.165, 1.54) is 44.9 Å². The number of nitrogens with one attached hydrogen (secondary N) is 1. The summed E-state index contributed by atoms with van der Waals surface area (Å²) in [6, 6.07) is 8.28. The molecule has 4 heteroatoms. The van der Waals surface area contributed by atoms with E-state index in [4.69, 9.17) is 10.5 Å². The van der Waals surface area contributed by atoms with Crippen molar-refractivity contribution in [3.63, 3.8) is 0 Å². The highest BCUT2D eigenvalue weighted by Crippen LogP contribution is 2.23. The third kappa shape index (κ3) is 5.11. The number of amides is 1. The van der Waals surface area contributed by atoms with Crippen molar-refractivity contribution >= 4 is 11.6 Å². The van der Waals surface area contributed by atoms with Gasteiger partial charge >= 0.3 is 0 Å². The Labute approximate surface area is 120 Å². The van der Waals surface area contributed by atoms with Gasteiger partial charge in [-0.25, -0.2) is 0 Å². The third-order valence-corrected chi connectivity index (χ3v) is 3.69. The van der Waals surface area contributed by atoms with Crippen LogP contribution in [-0.4, -0.2) is 18.6 Å². The Morgan fingerprint density at radius 1 is 1.20 bits per heavy atom. The molecule has 0 aromatic heterocycles. The number of hydrogen-bond acceptors (Lipinski definition) is 3. The van der Waals surface area contributed by atoms with Gasteiger partial charge in [-0.1, -0.05) is 38.2 Å². The summed E-state index contributed by atoms with van der Waals surface area (Å²) in [5.74, 6) is 0.225. The smallest absolute Gasteiger partial charge is 0.255 e. The van der Waals surface area contributed by atoms with E-state index in [-0.39, 0.29) is 6.61 Å². The zero-order valence-electron chi connectivity index (χ0n) is 11.9. The summed E-state index contributed by atoms with van der Waals surface area (Å²) in [6.07, 6.45) is 9.13. The number of nitrogens with two attached hydrogens (primary N) is 1. The molecule has 0 bridgehead atoms. The third-order valence-electron chi connectivity index (χ3n) is 3.69. The lowest BCUT2D eigenvalue weighted by molar-refractivity contribution is -0.119. The molecule has 0 saturated heterocycles. The quantitative estimate of drug-likeness (QED) is 0.868. The number of primary amides is 1. The maximum atomic E-state index is 10.7. The summed E-state index contributed by atoms with van der Waals surface area (Å²) >= 11 is 0. The number of carbonyl (C=O) groups is 1. The summed E-state index contributed by atoms with van der Waals surface area (Å²) in [5.41, 5.74) is 6.13. The van der Waals surface area contributed by atoms with Crippen LogP contribution in [0.3, 0.4) is 0 Å². The maximum absolute atomic E-state index is 10.7. The number of hydrogen-bond donors (Lipinski definition) is 2. The predicted octanol–water partition coefficient (Wildman–Crippen LogP) is 3.08. The van der Waals surface area contributed by atoms with E-state index in [1.807, 2.05) is 24.3 Å². The standard InChI is InChI=1S/C16H24N2O2/c17-16(19)12-20-15-10-6-9-14(11-15)18-13-7-4-2-1-3-5-8-13/h6,9-11,13,18H,1-5,7-8,12H2,(H2,17,19). The Balaban J connectivity index is 1.90. The van der Waals surface area contributed by atoms with Gasteiger partial charge in [0.1, 0.15) is 5.75 Å². The summed E-state index contributed by atoms with van der Waals surface area (Å²) in [6.45, 7) is -0.0765. The first-order chi connectivity index (χ1) is 9.74. The van der Waals surface area contributed by atoms with Gasteiger partial charge in [0, 0.05) is 17.8 Å². The van der Waals surface area contributed by atoms with Crippen molar-refractivity contribution in [2.75, 3.05) is 11.9 Å². The summed E-state index contributed by atoms with van der Waals surface area (Å²) in [7, 11) is 0. The summed E-state index contributed by atoms with van der Waals surface area (Å²) in [4.78, 5) is 10.7. The number of anilines is 1. The maximum Gasteiger partial charge on any atom is 0.255 e. The molecule has 4 nitrogen and oxygen atoms in total. The minimum absolute atomic E-state index is 0.0765. The first-order valence-electron chi connectivity index (χ1n) is 7.52. The van der Waals surface area contributed by atoms with Crippen molar-refractivity contribution in [3.05, 3.63) is 24.3 Å². The molecule has 1 fully saturated rings. The molecule has 0 spiro atoms. The Morgan fingerprint density at radius 3 is 2.60 bits per heavy atom. The van der Waals surface area contributed by atoms with Crippen LogP contribution < -0.4 is 15.8 Å². The fourth-order valence-electron chi connectivity index (χ4n) is 2.67. The molecule has 1 saturated carbocycles. The minimum Gasteiger partial charge on any atom is -0.484 e. The zero-order valence-corrected chi connectivity index (χ0v) is 11.9. The number of benzene rings is 1. The van der Waals surface area contributed by atoms with Crippen LogP contribution in [-0.2, 0) is 4.79 Å². The second kappa shape index (κ2) is 7.78. The van der Waals surface area contributed by atoms with Crippen molar-refractivity contribution in [2.45, 2.75) is 51.0 Å². The van der Waals surface area contributed by atoms with Crippen molar-refractivity contribution in [2.24, 2.45) is 5.73 Å². The van der Waals surface area contributed by atoms with E-state index >= 15 is 0 Å². The van der Waals surface area contributed by atoms with Gasteiger partial charge in [0.05, 0.1) is 0 Å². The van der Waals surface area contributed by atoms with E-state index in [2.05, 4.69) is 5.32 Å². The van der Waals surface area contributed by atoms with E-state index in [9.17, 15) is 4.79 Å². The molecule has 110 valence electrons. The van der Waals surface area contributed by atoms with Gasteiger partial charge in [-0.15, -0.1) is 0 Å². The van der Waals surface area contributed by atoms with Crippen LogP contribution >= 0.6 is 0 Å². The van der Waals surface area contributed by atoms with Crippen molar-refractivity contribution in [3.8, 4) is 5.75 Å². The molecule has 20 heavy (non-hydrogen) atoms. The lowest BCUT2D eigenvalue weighted by atomic mass is 9.96. The van der Waals surface area contributed by atoms with E-state index < -0.39 is 5.91 Å². The van der Waals surface area contributed by atoms with E-state index in [1.54, 1.807) is 0 Å². The Kier molecular flexibility index (Phi) is 5.71. The molecule has 0 heterocycles. The largest absolute Gasteiger partial charge is 0.484 e. The predicted molar refractivity (Wildman–Crippen MR) is 80.9 cm³/mol. The van der Waals surface area contributed by atoms with E-state index in [0.717, 1.165) is 5.69 Å². The molecule has 0 aliphatic heterocycles. The van der Waals surface area contributed by atoms with Gasteiger partial charge in [0.2, 0.25) is 0 Å². The van der Waals surface area contributed by atoms with Gasteiger partial charge in [-0.2, -0.15) is 0 Å². The highest BCUT2D eigenvalue weighted by molar-refractivity contribution is 5.75. The fourth-order valence-corrected chi connectivity index (χ4v) is 2.67. The van der Waals surface area contributed by atoms with Crippen molar-refractivity contribution in [1.29, 1.82) is 0 Å². The summed E-state index contributed by atoms with van der Waals surface area (Å²) in [5, 5.41) is 3.58. The Bertz CT molecular complexity index is 426. The first kappa shape index (κ1) is 14.7. The molecule has 1 aliphatic rings. The summed E-state index contributed by atoms with van der Waals surface area (Å²) < 4.78 is 5.33. The second-order valence-electron chi connectivity index (χ2n) is 5.47. The van der Waals surface area contributed by atoms with Crippen molar-refractivity contribution in [1.82, 2.24) is 0 Å². The lowest BCUT2D eigenvalue weighted by Gasteiger charge is -2.22. The highest BCUT2D eigenvalue weighted by atomic mass is 16.5. The Hall–Kier alpha value is -1.71. The molecule has 2 rings (SSSR count). The molecule has 3 N–H and O–H groups in total. The molecular weight excluding hydrogens is 252 g/mol. The van der Waals surface area contributed by atoms with Crippen LogP contribution in [0.2, 0.25) is 0 Å². The van der Waals surface area contributed by atoms with Crippen LogP contribution in [0.1, 0.15) is 44.9 Å². The molecule has 1 aromatic carbocycles. The topological polar surface area (TPSA) is 64.4 Å². The minimum atomic E-state index is -0.455. The van der Waals surface area contributed by atoms with Crippen LogP contribution in [0.15, 0.2) is 24.3 Å². The zero-order chi connectivity index (χ0) is 14.2. The van der Waals surface area contributed by atoms with Crippen LogP contribution in [0.5, 0.6) is 5.75 Å². The molecule has 1 aromatic rings. The highest BCUT2D eigenvalue weighted by Gasteiger charge is 2.11. The average Bonchev–Trinajstić information content (AvgIpc) is 2.40. The monoisotopic (exact) mass is 276 g/mol. The Morgan fingerprint density at radius 2 is 1.90 bits per heavy atom. The van der Waals surface area contributed by atoms with Crippen LogP contribution in [0.4, 0.5) is 5.69 Å². The van der Waals surface area contributed by atoms with Gasteiger partial charge in [-0.3, -0.25) is 4.79 Å². The van der Waals surface area contributed by atoms with Gasteiger partial charge in [0.25, 0.3) is 5.91 Å². The molecule has 1 amide bonds. The van der Waals surface area contributed by atoms with Gasteiger partial charge < -0.3 is 15.8 Å². The van der Waals surface area contributed by atoms with E-state index in [0.29, 0.717) is 11.8 Å². The van der Waals surface area contributed by atoms with Gasteiger partial charge in [-0.05, 0) is 25.0 Å². The molecule has 1 aliphatic carbocycles. The molecule has 0 unspecified atom stereocenters. The van der Waals surface area contributed by atoms with Crippen LogP contribution in [0, 0.1) is 0 Å². The fraction of sp³-hybridized carbons (Fsp3) is 0.562.